The number of fused-ring (bicyclic) bond motifs is 3. The number of ether oxygens (including phenoxy) is 1. The zero-order valence-electron chi connectivity index (χ0n) is 18.4. The normalized spacial score (nSPS) is 28.3. The summed E-state index contributed by atoms with van der Waals surface area (Å²) < 4.78 is 5.55. The lowest BCUT2D eigenvalue weighted by molar-refractivity contribution is -0.174. The zero-order chi connectivity index (χ0) is 25.3. The second-order valence-corrected chi connectivity index (χ2v) is 8.64. The number of phenols is 1. The number of esters is 1. The number of rotatable bonds is 3. The number of carbonyl (C=O) groups is 4. The van der Waals surface area contributed by atoms with E-state index >= 15 is 0 Å². The third-order valence-electron chi connectivity index (χ3n) is 6.84. The molecule has 34 heavy (non-hydrogen) atoms. The molecular weight excluding hydrogens is 446 g/mol. The lowest BCUT2D eigenvalue weighted by Crippen LogP contribution is -2.64. The highest BCUT2D eigenvalue weighted by atomic mass is 16.5. The van der Waals surface area contributed by atoms with E-state index in [-0.39, 0.29) is 28.9 Å². The molecule has 1 amide bonds. The molecule has 1 aromatic carbocycles. The predicted molar refractivity (Wildman–Crippen MR) is 117 cm³/mol. The fourth-order valence-electron chi connectivity index (χ4n) is 5.09. The monoisotopic (exact) mass is 469 g/mol. The van der Waals surface area contributed by atoms with Gasteiger partial charge in [-0.15, -0.1) is 0 Å². The Morgan fingerprint density at radius 3 is 2.47 bits per heavy atom. The Morgan fingerprint density at radius 1 is 1.24 bits per heavy atom. The van der Waals surface area contributed by atoms with Crippen LogP contribution in [0.4, 0.5) is 0 Å². The fourth-order valence-corrected chi connectivity index (χ4v) is 5.09. The highest BCUT2D eigenvalue weighted by molar-refractivity contribution is 6.23. The van der Waals surface area contributed by atoms with Gasteiger partial charge in [-0.05, 0) is 23.6 Å². The second kappa shape index (κ2) is 7.56. The maximum atomic E-state index is 13.7. The quantitative estimate of drug-likeness (QED) is 0.320. The predicted octanol–water partition coefficient (Wildman–Crippen LogP) is 1.13. The molecule has 10 heteroatoms. The van der Waals surface area contributed by atoms with E-state index in [1.165, 1.54) is 6.92 Å². The minimum Gasteiger partial charge on any atom is -0.508 e. The number of aromatic hydroxyl groups is 1. The molecule has 10 nitrogen and oxygen atoms in total. The van der Waals surface area contributed by atoms with Crippen LogP contribution in [0.2, 0.25) is 0 Å². The highest BCUT2D eigenvalue weighted by Gasteiger charge is 2.65. The smallest absolute Gasteiger partial charge is 0.305 e. The highest BCUT2D eigenvalue weighted by Crippen LogP contribution is 2.56. The third kappa shape index (κ3) is 2.84. The molecule has 0 radical (unpaired) electrons. The number of aliphatic hydroxyl groups excluding tert-OH is 2. The van der Waals surface area contributed by atoms with E-state index in [1.54, 1.807) is 19.1 Å². The summed E-state index contributed by atoms with van der Waals surface area (Å²) in [6.45, 7) is 7.07. The number of amides is 1. The number of phenolic OH excluding ortho intramolecular Hbond substituents is 1. The van der Waals surface area contributed by atoms with Gasteiger partial charge >= 0.3 is 5.97 Å². The summed E-state index contributed by atoms with van der Waals surface area (Å²) in [7, 11) is 0. The van der Waals surface area contributed by atoms with Gasteiger partial charge in [-0.1, -0.05) is 25.6 Å². The summed E-state index contributed by atoms with van der Waals surface area (Å²) >= 11 is 0. The van der Waals surface area contributed by atoms with Crippen molar-refractivity contribution in [3.05, 3.63) is 52.3 Å². The van der Waals surface area contributed by atoms with Gasteiger partial charge < -0.3 is 30.9 Å². The molecule has 3 aliphatic carbocycles. The van der Waals surface area contributed by atoms with Crippen molar-refractivity contribution in [3.63, 3.8) is 0 Å². The second-order valence-electron chi connectivity index (χ2n) is 8.64. The van der Waals surface area contributed by atoms with Crippen LogP contribution in [0.1, 0.15) is 36.5 Å². The Labute approximate surface area is 193 Å². The molecule has 178 valence electrons. The van der Waals surface area contributed by atoms with Crippen LogP contribution in [0.3, 0.4) is 0 Å². The van der Waals surface area contributed by atoms with Crippen LogP contribution in [0, 0.1) is 18.8 Å². The maximum absolute atomic E-state index is 13.7. The number of hydrogen-bond donors (Lipinski definition) is 5. The van der Waals surface area contributed by atoms with Crippen LogP contribution in [0.5, 0.6) is 5.75 Å². The minimum absolute atomic E-state index is 0.0846. The molecule has 0 aliphatic heterocycles. The number of Topliss-reactive ketones (excluding diaryl/α,β-unsaturated/α-hetero) is 2. The van der Waals surface area contributed by atoms with Crippen molar-refractivity contribution in [2.24, 2.45) is 17.6 Å². The van der Waals surface area contributed by atoms with Gasteiger partial charge in [-0.2, -0.15) is 0 Å². The van der Waals surface area contributed by atoms with Crippen LogP contribution in [-0.4, -0.2) is 55.6 Å². The van der Waals surface area contributed by atoms with E-state index in [2.05, 4.69) is 6.58 Å². The van der Waals surface area contributed by atoms with Gasteiger partial charge in [0.25, 0.3) is 5.91 Å². The van der Waals surface area contributed by atoms with Crippen LogP contribution in [0.15, 0.2) is 35.6 Å². The molecule has 0 aromatic heterocycles. The Kier molecular flexibility index (Phi) is 5.17. The number of carbonyl (C=O) groups excluding carboxylic acids is 4. The number of primary amides is 1. The molecule has 0 saturated heterocycles. The van der Waals surface area contributed by atoms with Crippen molar-refractivity contribution in [1.82, 2.24) is 0 Å². The van der Waals surface area contributed by atoms with Gasteiger partial charge in [0.2, 0.25) is 5.78 Å². The fraction of sp³-hybridized carbons (Fsp3) is 0.333. The molecule has 0 heterocycles. The third-order valence-corrected chi connectivity index (χ3v) is 6.84. The summed E-state index contributed by atoms with van der Waals surface area (Å²) in [6, 6.07) is 3.14. The molecular formula is C24H23NO9. The molecule has 1 saturated carbocycles. The Balaban J connectivity index is 2.07. The van der Waals surface area contributed by atoms with Gasteiger partial charge in [-0.25, -0.2) is 0 Å². The minimum atomic E-state index is -2.89. The van der Waals surface area contributed by atoms with E-state index in [9.17, 15) is 39.6 Å². The molecule has 4 atom stereocenters. The number of hydrogen-bond acceptors (Lipinski definition) is 9. The van der Waals surface area contributed by atoms with Crippen molar-refractivity contribution in [3.8, 4) is 5.75 Å². The summed E-state index contributed by atoms with van der Waals surface area (Å²) in [4.78, 5) is 50.4. The van der Waals surface area contributed by atoms with Crippen molar-refractivity contribution in [1.29, 1.82) is 0 Å². The zero-order valence-corrected chi connectivity index (χ0v) is 18.4. The average molecular weight is 469 g/mol. The Morgan fingerprint density at radius 2 is 1.88 bits per heavy atom. The van der Waals surface area contributed by atoms with Gasteiger partial charge in [0.15, 0.2) is 11.4 Å². The average Bonchev–Trinajstić information content (AvgIpc) is 2.77. The SMILES string of the molecule is C=C1c2ccc(C)c(O)c2C(O)=C2C(=O)[C@]3(O)C(O)=C(C(N)=O)C(=O)C[C@@H]3[C@@H](OC(=O)CC)[C@H]12. The topological polar surface area (TPSA) is 184 Å². The van der Waals surface area contributed by atoms with Crippen molar-refractivity contribution in [2.45, 2.75) is 38.4 Å². The number of aryl methyl sites for hydroxylation is 1. The number of benzene rings is 1. The van der Waals surface area contributed by atoms with Gasteiger partial charge in [0, 0.05) is 18.8 Å². The van der Waals surface area contributed by atoms with E-state index in [0.29, 0.717) is 5.56 Å². The Hall–Kier alpha value is -3.92. The van der Waals surface area contributed by atoms with E-state index in [0.717, 1.165) is 0 Å². The standard InChI is InChI=1S/C24H23NO9/c1-4-13(27)34-20-11-7-12(26)16(23(25)32)21(30)24(11,33)22(31)17-14(20)9(3)10-6-5-8(2)18(28)15(10)19(17)29/h5-6,11,14,20,28-30,33H,3-4,7H2,1-2H3,(H2,25,32)/t11-,14-,20-,24-/m1/s1. The molecule has 1 aromatic rings. The number of ketones is 2. The number of aliphatic hydroxyl groups is 3. The first-order valence-corrected chi connectivity index (χ1v) is 10.6. The molecule has 3 aliphatic rings. The molecule has 0 unspecified atom stereocenters. The molecule has 0 spiro atoms. The van der Waals surface area contributed by atoms with Crippen molar-refractivity contribution >= 4 is 34.8 Å². The first-order chi connectivity index (χ1) is 15.9. The van der Waals surface area contributed by atoms with Crippen molar-refractivity contribution < 1.29 is 44.3 Å². The molecule has 0 bridgehead atoms. The lowest BCUT2D eigenvalue weighted by atomic mass is 9.56. The van der Waals surface area contributed by atoms with Gasteiger partial charge in [0.1, 0.15) is 28.9 Å². The Bertz CT molecular complexity index is 1270. The summed E-state index contributed by atoms with van der Waals surface area (Å²) in [5.74, 6) is -9.23. The van der Waals surface area contributed by atoms with Crippen LogP contribution in [-0.2, 0) is 23.9 Å². The summed E-state index contributed by atoms with van der Waals surface area (Å²) in [5, 5.41) is 44.0. The van der Waals surface area contributed by atoms with Gasteiger partial charge in [0.05, 0.1) is 17.1 Å². The first-order valence-electron chi connectivity index (χ1n) is 10.6. The van der Waals surface area contributed by atoms with E-state index < -0.39 is 76.1 Å². The van der Waals surface area contributed by atoms with E-state index in [4.69, 9.17) is 10.5 Å². The molecule has 1 fully saturated rings. The van der Waals surface area contributed by atoms with Crippen LogP contribution in [0.25, 0.3) is 11.3 Å². The maximum Gasteiger partial charge on any atom is 0.305 e. The summed E-state index contributed by atoms with van der Waals surface area (Å²) in [5.41, 5.74) is 1.63. The number of nitrogens with two attached hydrogens (primary N) is 1. The van der Waals surface area contributed by atoms with Crippen LogP contribution < -0.4 is 5.73 Å². The van der Waals surface area contributed by atoms with Crippen molar-refractivity contribution in [2.75, 3.05) is 0 Å². The molecule has 4 rings (SSSR count). The summed E-state index contributed by atoms with van der Waals surface area (Å²) in [6.07, 6.45) is -2.15. The van der Waals surface area contributed by atoms with Crippen LogP contribution >= 0.6 is 0 Å². The largest absolute Gasteiger partial charge is 0.508 e. The van der Waals surface area contributed by atoms with E-state index in [1.807, 2.05) is 0 Å². The lowest BCUT2D eigenvalue weighted by Gasteiger charge is -2.50. The van der Waals surface area contributed by atoms with Gasteiger partial charge in [-0.3, -0.25) is 19.2 Å². The molecule has 6 N–H and O–H groups in total. The first kappa shape index (κ1) is 23.2.